The van der Waals surface area contributed by atoms with Crippen LogP contribution in [0.25, 0.3) is 22.4 Å². The van der Waals surface area contributed by atoms with Crippen molar-refractivity contribution in [3.8, 4) is 11.4 Å². The summed E-state index contributed by atoms with van der Waals surface area (Å²) in [5, 5.41) is 3.44. The molecule has 2 aromatic carbocycles. The Morgan fingerprint density at radius 3 is 2.52 bits per heavy atom. The maximum absolute atomic E-state index is 4.88. The molecule has 4 rings (SSSR count). The summed E-state index contributed by atoms with van der Waals surface area (Å²) in [6.45, 7) is 2.22. The fourth-order valence-corrected chi connectivity index (χ4v) is 3.25. The number of para-hydroxylation sites is 1. The summed E-state index contributed by atoms with van der Waals surface area (Å²) in [6, 6.07) is 16.9. The molecule has 3 nitrogen and oxygen atoms in total. The normalized spacial score (nSPS) is 16.4. The van der Waals surface area contributed by atoms with Crippen LogP contribution in [0, 0.1) is 0 Å². The van der Waals surface area contributed by atoms with E-state index in [2.05, 4.69) is 52.8 Å². The summed E-state index contributed by atoms with van der Waals surface area (Å²) < 4.78 is 0. The van der Waals surface area contributed by atoms with Crippen molar-refractivity contribution in [3.63, 3.8) is 0 Å². The Bertz CT molecular complexity index is 740. The number of nitrogens with zero attached hydrogens (tertiary/aromatic N) is 1. The Morgan fingerprint density at radius 2 is 1.71 bits per heavy atom. The molecule has 0 unspecified atom stereocenters. The molecule has 106 valence electrons. The Labute approximate surface area is 124 Å². The predicted molar refractivity (Wildman–Crippen MR) is 86.4 cm³/mol. The first kappa shape index (κ1) is 12.6. The molecule has 0 saturated carbocycles. The molecule has 1 aliphatic heterocycles. The fourth-order valence-electron chi connectivity index (χ4n) is 3.25. The van der Waals surface area contributed by atoms with Crippen molar-refractivity contribution in [2.45, 2.75) is 18.8 Å². The standard InChI is InChI=1S/C18H19N3/c1-2-5-14(6-3-1)18-20-16-8-4-7-15(17(16)21-18)13-9-11-19-12-10-13/h1-8,13,19H,9-12H2,(H,20,21). The maximum Gasteiger partial charge on any atom is 0.138 e. The quantitative estimate of drug-likeness (QED) is 0.750. The van der Waals surface area contributed by atoms with E-state index in [-0.39, 0.29) is 0 Å². The second-order valence-corrected chi connectivity index (χ2v) is 5.72. The second-order valence-electron chi connectivity index (χ2n) is 5.72. The Kier molecular flexibility index (Phi) is 3.20. The summed E-state index contributed by atoms with van der Waals surface area (Å²) in [6.07, 6.45) is 2.40. The fraction of sp³-hybridized carbons (Fsp3) is 0.278. The minimum absolute atomic E-state index is 0.627. The molecule has 1 saturated heterocycles. The van der Waals surface area contributed by atoms with Crippen LogP contribution in [0.1, 0.15) is 24.3 Å². The molecule has 0 radical (unpaired) electrons. The average Bonchev–Trinajstić information content (AvgIpc) is 3.00. The van der Waals surface area contributed by atoms with E-state index in [4.69, 9.17) is 4.98 Å². The van der Waals surface area contributed by atoms with E-state index in [1.165, 1.54) is 18.4 Å². The van der Waals surface area contributed by atoms with E-state index in [0.29, 0.717) is 5.92 Å². The van der Waals surface area contributed by atoms with Gasteiger partial charge in [0.15, 0.2) is 0 Å². The molecule has 1 aromatic heterocycles. The van der Waals surface area contributed by atoms with Gasteiger partial charge in [0.25, 0.3) is 0 Å². The number of benzene rings is 2. The van der Waals surface area contributed by atoms with Crippen molar-refractivity contribution in [3.05, 3.63) is 54.1 Å². The van der Waals surface area contributed by atoms with Gasteiger partial charge in [0.2, 0.25) is 0 Å². The summed E-state index contributed by atoms with van der Waals surface area (Å²) in [5.41, 5.74) is 4.82. The molecule has 2 N–H and O–H groups in total. The molecule has 0 bridgehead atoms. The van der Waals surface area contributed by atoms with Gasteiger partial charge in [-0.3, -0.25) is 0 Å². The van der Waals surface area contributed by atoms with E-state index < -0.39 is 0 Å². The van der Waals surface area contributed by atoms with Crippen molar-refractivity contribution in [2.75, 3.05) is 13.1 Å². The zero-order valence-electron chi connectivity index (χ0n) is 12.0. The van der Waals surface area contributed by atoms with Crippen molar-refractivity contribution < 1.29 is 0 Å². The molecule has 3 aromatic rings. The number of aromatic nitrogens is 2. The van der Waals surface area contributed by atoms with Crippen LogP contribution in [-0.2, 0) is 0 Å². The van der Waals surface area contributed by atoms with Crippen molar-refractivity contribution in [1.29, 1.82) is 0 Å². The number of H-pyrrole nitrogens is 1. The topological polar surface area (TPSA) is 40.7 Å². The number of fused-ring (bicyclic) bond motifs is 1. The van der Waals surface area contributed by atoms with Gasteiger partial charge < -0.3 is 10.3 Å². The molecule has 1 fully saturated rings. The van der Waals surface area contributed by atoms with Crippen molar-refractivity contribution >= 4 is 11.0 Å². The lowest BCUT2D eigenvalue weighted by molar-refractivity contribution is 0.462. The number of aromatic amines is 1. The summed E-state index contributed by atoms with van der Waals surface area (Å²) in [7, 11) is 0. The van der Waals surface area contributed by atoms with E-state index in [1.54, 1.807) is 0 Å². The lowest BCUT2D eigenvalue weighted by atomic mass is 9.89. The predicted octanol–water partition coefficient (Wildman–Crippen LogP) is 3.70. The van der Waals surface area contributed by atoms with Crippen LogP contribution in [-0.4, -0.2) is 23.1 Å². The highest BCUT2D eigenvalue weighted by Gasteiger charge is 2.19. The third-order valence-electron chi connectivity index (χ3n) is 4.37. The molecule has 0 amide bonds. The molecule has 2 heterocycles. The van der Waals surface area contributed by atoms with Gasteiger partial charge in [0, 0.05) is 5.56 Å². The Hall–Kier alpha value is -2.13. The molecule has 21 heavy (non-hydrogen) atoms. The van der Waals surface area contributed by atoms with Crippen LogP contribution in [0.15, 0.2) is 48.5 Å². The van der Waals surface area contributed by atoms with Gasteiger partial charge in [-0.05, 0) is 43.5 Å². The smallest absolute Gasteiger partial charge is 0.138 e. The van der Waals surface area contributed by atoms with Gasteiger partial charge in [-0.1, -0.05) is 42.5 Å². The van der Waals surface area contributed by atoms with Crippen molar-refractivity contribution in [1.82, 2.24) is 15.3 Å². The number of nitrogens with one attached hydrogen (secondary N) is 2. The zero-order chi connectivity index (χ0) is 14.1. The second kappa shape index (κ2) is 5.34. The van der Waals surface area contributed by atoms with E-state index in [1.807, 2.05) is 6.07 Å². The summed E-state index contributed by atoms with van der Waals surface area (Å²) >= 11 is 0. The number of rotatable bonds is 2. The first-order valence-corrected chi connectivity index (χ1v) is 7.66. The maximum atomic E-state index is 4.88. The lowest BCUT2D eigenvalue weighted by Gasteiger charge is -2.23. The molecule has 0 spiro atoms. The number of imidazole rings is 1. The van der Waals surface area contributed by atoms with Crippen LogP contribution in [0.4, 0.5) is 0 Å². The highest BCUT2D eigenvalue weighted by atomic mass is 14.9. The van der Waals surface area contributed by atoms with Crippen LogP contribution in [0.3, 0.4) is 0 Å². The summed E-state index contributed by atoms with van der Waals surface area (Å²) in [4.78, 5) is 8.35. The van der Waals surface area contributed by atoms with E-state index in [9.17, 15) is 0 Å². The molecular formula is C18H19N3. The Morgan fingerprint density at radius 1 is 0.905 bits per heavy atom. The molecular weight excluding hydrogens is 258 g/mol. The number of hydrogen-bond donors (Lipinski definition) is 2. The van der Waals surface area contributed by atoms with Gasteiger partial charge in [-0.2, -0.15) is 0 Å². The van der Waals surface area contributed by atoms with E-state index in [0.717, 1.165) is 35.5 Å². The van der Waals surface area contributed by atoms with Crippen LogP contribution < -0.4 is 5.32 Å². The monoisotopic (exact) mass is 277 g/mol. The van der Waals surface area contributed by atoms with Gasteiger partial charge >= 0.3 is 0 Å². The molecule has 0 aliphatic carbocycles. The Balaban J connectivity index is 1.80. The minimum Gasteiger partial charge on any atom is -0.338 e. The highest BCUT2D eigenvalue weighted by molar-refractivity contribution is 5.83. The van der Waals surface area contributed by atoms with Gasteiger partial charge in [0.1, 0.15) is 5.82 Å². The molecule has 0 atom stereocenters. The third kappa shape index (κ3) is 2.34. The molecule has 1 aliphatic rings. The number of hydrogen-bond acceptors (Lipinski definition) is 2. The number of piperidine rings is 1. The minimum atomic E-state index is 0.627. The van der Waals surface area contributed by atoms with Crippen molar-refractivity contribution in [2.24, 2.45) is 0 Å². The zero-order valence-corrected chi connectivity index (χ0v) is 12.0. The first-order valence-electron chi connectivity index (χ1n) is 7.66. The highest BCUT2D eigenvalue weighted by Crippen LogP contribution is 2.31. The van der Waals surface area contributed by atoms with Gasteiger partial charge in [-0.25, -0.2) is 4.98 Å². The summed E-state index contributed by atoms with van der Waals surface area (Å²) in [5.74, 6) is 1.59. The third-order valence-corrected chi connectivity index (χ3v) is 4.37. The average molecular weight is 277 g/mol. The lowest BCUT2D eigenvalue weighted by Crippen LogP contribution is -2.26. The molecule has 3 heteroatoms. The van der Waals surface area contributed by atoms with Crippen LogP contribution in [0.2, 0.25) is 0 Å². The first-order chi connectivity index (χ1) is 10.4. The van der Waals surface area contributed by atoms with Gasteiger partial charge in [0.05, 0.1) is 11.0 Å². The largest absolute Gasteiger partial charge is 0.338 e. The van der Waals surface area contributed by atoms with Crippen LogP contribution in [0.5, 0.6) is 0 Å². The van der Waals surface area contributed by atoms with Gasteiger partial charge in [-0.15, -0.1) is 0 Å². The van der Waals surface area contributed by atoms with Crippen LogP contribution >= 0.6 is 0 Å². The van der Waals surface area contributed by atoms with E-state index >= 15 is 0 Å². The SMILES string of the molecule is c1ccc(-c2nc3c(C4CCNCC4)cccc3[nH]2)cc1.